The van der Waals surface area contributed by atoms with Crippen molar-refractivity contribution in [2.24, 2.45) is 0 Å². The minimum atomic E-state index is 0.0588. The smallest absolute Gasteiger partial charge is 0.120 e. The summed E-state index contributed by atoms with van der Waals surface area (Å²) in [6.07, 6.45) is 1.04. The lowest BCUT2D eigenvalue weighted by Gasteiger charge is -2.40. The van der Waals surface area contributed by atoms with Crippen LogP contribution in [0.15, 0.2) is 24.3 Å². The second kappa shape index (κ2) is 5.80. The van der Waals surface area contributed by atoms with Crippen LogP contribution in [0.3, 0.4) is 0 Å². The third-order valence-corrected chi connectivity index (χ3v) is 3.89. The van der Waals surface area contributed by atoms with Gasteiger partial charge < -0.3 is 20.1 Å². The molecule has 19 heavy (non-hydrogen) atoms. The number of benzene rings is 1. The molecule has 1 heterocycles. The number of rotatable bonds is 3. The summed E-state index contributed by atoms with van der Waals surface area (Å²) in [5.74, 6) is 0.867. The van der Waals surface area contributed by atoms with Crippen LogP contribution in [0.1, 0.15) is 20.3 Å². The number of methoxy groups -OCH3 is 1. The van der Waals surface area contributed by atoms with Gasteiger partial charge >= 0.3 is 0 Å². The molecule has 0 spiro atoms. The second-order valence-corrected chi connectivity index (χ2v) is 5.71. The fourth-order valence-corrected chi connectivity index (χ4v) is 2.60. The monoisotopic (exact) mass is 264 g/mol. The molecule has 0 aromatic heterocycles. The second-order valence-electron chi connectivity index (χ2n) is 5.71. The van der Waals surface area contributed by atoms with E-state index in [0.717, 1.165) is 30.9 Å². The van der Waals surface area contributed by atoms with Crippen LogP contribution in [0.2, 0.25) is 0 Å². The summed E-state index contributed by atoms with van der Waals surface area (Å²) in [6, 6.07) is 8.24. The number of aliphatic hydroxyl groups is 1. The third kappa shape index (κ3) is 3.19. The Morgan fingerprint density at radius 1 is 1.47 bits per heavy atom. The molecule has 1 aliphatic heterocycles. The minimum absolute atomic E-state index is 0.0588. The normalized spacial score (nSPS) is 22.9. The van der Waals surface area contributed by atoms with Crippen molar-refractivity contribution in [2.45, 2.75) is 31.8 Å². The van der Waals surface area contributed by atoms with Gasteiger partial charge in [0.1, 0.15) is 5.75 Å². The molecule has 0 amide bonds. The molecule has 1 aliphatic rings. The summed E-state index contributed by atoms with van der Waals surface area (Å²) < 4.78 is 5.31. The standard InChI is InChI=1S/C15H24N2O2/c1-15(2)7-8-16-12(11-18)10-17(15)13-5-4-6-14(9-13)19-3/h4-6,9,12,16,18H,7-8,10-11H2,1-3H3. The van der Waals surface area contributed by atoms with Crippen LogP contribution in [0.25, 0.3) is 0 Å². The van der Waals surface area contributed by atoms with E-state index in [1.54, 1.807) is 7.11 Å². The van der Waals surface area contributed by atoms with Gasteiger partial charge in [-0.1, -0.05) is 6.07 Å². The van der Waals surface area contributed by atoms with Gasteiger partial charge in [-0.05, 0) is 38.9 Å². The Balaban J connectivity index is 2.30. The summed E-state index contributed by atoms with van der Waals surface area (Å²) in [6.45, 7) is 6.38. The summed E-state index contributed by atoms with van der Waals surface area (Å²) in [5, 5.41) is 12.8. The highest BCUT2D eigenvalue weighted by Gasteiger charge is 2.31. The molecule has 1 fully saturated rings. The zero-order valence-electron chi connectivity index (χ0n) is 12.0. The maximum Gasteiger partial charge on any atom is 0.120 e. The Morgan fingerprint density at radius 2 is 2.26 bits per heavy atom. The summed E-state index contributed by atoms with van der Waals surface area (Å²) in [7, 11) is 1.69. The number of hydrogen-bond acceptors (Lipinski definition) is 4. The number of ether oxygens (including phenoxy) is 1. The van der Waals surface area contributed by atoms with Crippen LogP contribution < -0.4 is 15.0 Å². The molecule has 106 valence electrons. The number of nitrogens with zero attached hydrogens (tertiary/aromatic N) is 1. The van der Waals surface area contributed by atoms with Gasteiger partial charge in [0.2, 0.25) is 0 Å². The fourth-order valence-electron chi connectivity index (χ4n) is 2.60. The molecule has 0 radical (unpaired) electrons. The molecule has 2 N–H and O–H groups in total. The highest BCUT2D eigenvalue weighted by molar-refractivity contribution is 5.53. The first-order valence-electron chi connectivity index (χ1n) is 6.83. The van der Waals surface area contributed by atoms with E-state index in [9.17, 15) is 5.11 Å². The van der Waals surface area contributed by atoms with E-state index in [0.29, 0.717) is 0 Å². The fraction of sp³-hybridized carbons (Fsp3) is 0.600. The van der Waals surface area contributed by atoms with Crippen molar-refractivity contribution >= 4 is 5.69 Å². The van der Waals surface area contributed by atoms with E-state index in [4.69, 9.17) is 4.74 Å². The maximum atomic E-state index is 9.44. The van der Waals surface area contributed by atoms with E-state index < -0.39 is 0 Å². The number of hydrogen-bond donors (Lipinski definition) is 2. The van der Waals surface area contributed by atoms with E-state index in [2.05, 4.69) is 36.2 Å². The molecule has 1 unspecified atom stereocenters. The predicted molar refractivity (Wildman–Crippen MR) is 77.9 cm³/mol. The Kier molecular flexibility index (Phi) is 4.32. The van der Waals surface area contributed by atoms with Gasteiger partial charge in [-0.25, -0.2) is 0 Å². The van der Waals surface area contributed by atoms with Crippen LogP contribution in [0.4, 0.5) is 5.69 Å². The van der Waals surface area contributed by atoms with E-state index >= 15 is 0 Å². The average Bonchev–Trinajstić information content (AvgIpc) is 2.57. The molecule has 1 aromatic carbocycles. The number of anilines is 1. The molecule has 1 atom stereocenters. The zero-order chi connectivity index (χ0) is 13.9. The quantitative estimate of drug-likeness (QED) is 0.871. The number of aliphatic hydroxyl groups excluding tert-OH is 1. The minimum Gasteiger partial charge on any atom is -0.497 e. The molecule has 1 saturated heterocycles. The molecule has 2 rings (SSSR count). The Labute approximate surface area is 115 Å². The average molecular weight is 264 g/mol. The van der Waals surface area contributed by atoms with E-state index in [1.165, 1.54) is 0 Å². The number of nitrogens with one attached hydrogen (secondary N) is 1. The topological polar surface area (TPSA) is 44.7 Å². The summed E-state index contributed by atoms with van der Waals surface area (Å²) in [5.41, 5.74) is 1.20. The predicted octanol–water partition coefficient (Wildman–Crippen LogP) is 1.63. The van der Waals surface area contributed by atoms with Crippen LogP contribution >= 0.6 is 0 Å². The van der Waals surface area contributed by atoms with Crippen molar-refractivity contribution < 1.29 is 9.84 Å². The summed E-state index contributed by atoms with van der Waals surface area (Å²) >= 11 is 0. The van der Waals surface area contributed by atoms with Gasteiger partial charge in [-0.2, -0.15) is 0 Å². The van der Waals surface area contributed by atoms with Gasteiger partial charge in [-0.15, -0.1) is 0 Å². The molecular weight excluding hydrogens is 240 g/mol. The lowest BCUT2D eigenvalue weighted by atomic mass is 9.97. The van der Waals surface area contributed by atoms with Gasteiger partial charge in [0.15, 0.2) is 0 Å². The highest BCUT2D eigenvalue weighted by Crippen LogP contribution is 2.30. The Hall–Kier alpha value is -1.26. The lowest BCUT2D eigenvalue weighted by molar-refractivity contribution is 0.248. The lowest BCUT2D eigenvalue weighted by Crippen LogP contribution is -2.47. The molecule has 1 aromatic rings. The highest BCUT2D eigenvalue weighted by atomic mass is 16.5. The SMILES string of the molecule is COc1cccc(N2CC(CO)NCCC2(C)C)c1. The van der Waals surface area contributed by atoms with Gasteiger partial charge in [-0.3, -0.25) is 0 Å². The maximum absolute atomic E-state index is 9.44. The van der Waals surface area contributed by atoms with Crippen molar-refractivity contribution in [3.8, 4) is 5.75 Å². The van der Waals surface area contributed by atoms with Crippen molar-refractivity contribution in [1.82, 2.24) is 5.32 Å². The first kappa shape index (κ1) is 14.2. The Morgan fingerprint density at radius 3 is 2.95 bits per heavy atom. The van der Waals surface area contributed by atoms with Gasteiger partial charge in [0, 0.05) is 29.9 Å². The molecule has 4 heteroatoms. The van der Waals surface area contributed by atoms with Crippen molar-refractivity contribution in [2.75, 3.05) is 31.7 Å². The van der Waals surface area contributed by atoms with Gasteiger partial charge in [0.05, 0.1) is 13.7 Å². The third-order valence-electron chi connectivity index (χ3n) is 3.89. The largest absolute Gasteiger partial charge is 0.497 e. The van der Waals surface area contributed by atoms with Crippen molar-refractivity contribution in [1.29, 1.82) is 0 Å². The molecule has 0 aliphatic carbocycles. The van der Waals surface area contributed by atoms with Crippen molar-refractivity contribution in [3.63, 3.8) is 0 Å². The first-order chi connectivity index (χ1) is 9.06. The molecule has 0 bridgehead atoms. The molecule has 4 nitrogen and oxygen atoms in total. The van der Waals surface area contributed by atoms with E-state index in [1.807, 2.05) is 12.1 Å². The Bertz CT molecular complexity index is 420. The van der Waals surface area contributed by atoms with Crippen molar-refractivity contribution in [3.05, 3.63) is 24.3 Å². The van der Waals surface area contributed by atoms with Gasteiger partial charge in [0.25, 0.3) is 0 Å². The first-order valence-corrected chi connectivity index (χ1v) is 6.83. The van der Waals surface area contributed by atoms with Crippen LogP contribution in [0.5, 0.6) is 5.75 Å². The van der Waals surface area contributed by atoms with E-state index in [-0.39, 0.29) is 18.2 Å². The molecule has 0 saturated carbocycles. The van der Waals surface area contributed by atoms with Crippen LogP contribution in [-0.2, 0) is 0 Å². The van der Waals surface area contributed by atoms with Crippen LogP contribution in [0, 0.1) is 0 Å². The van der Waals surface area contributed by atoms with Crippen LogP contribution in [-0.4, -0.2) is 43.5 Å². The summed E-state index contributed by atoms with van der Waals surface area (Å²) in [4.78, 5) is 2.36. The zero-order valence-corrected chi connectivity index (χ0v) is 12.0. The molecular formula is C15H24N2O2.